The Hall–Kier alpha value is -2.64. The summed E-state index contributed by atoms with van der Waals surface area (Å²) in [5, 5.41) is 4.47. The van der Waals surface area contributed by atoms with Crippen LogP contribution in [0.1, 0.15) is 25.3 Å². The summed E-state index contributed by atoms with van der Waals surface area (Å²) in [5.41, 5.74) is 5.07. The lowest BCUT2D eigenvalue weighted by Gasteiger charge is -2.14. The second kappa shape index (κ2) is 9.24. The van der Waals surface area contributed by atoms with E-state index in [2.05, 4.69) is 15.8 Å². The van der Waals surface area contributed by atoms with Gasteiger partial charge in [0.1, 0.15) is 6.33 Å². The number of nitrogens with one attached hydrogen (secondary N) is 2. The quantitative estimate of drug-likeness (QED) is 0.536. The van der Waals surface area contributed by atoms with Crippen molar-refractivity contribution in [3.63, 3.8) is 0 Å². The van der Waals surface area contributed by atoms with E-state index in [9.17, 15) is 9.18 Å². The third-order valence-corrected chi connectivity index (χ3v) is 4.97. The van der Waals surface area contributed by atoms with Crippen molar-refractivity contribution < 1.29 is 14.0 Å². The molecule has 1 saturated carbocycles. The molecule has 2 N–H and O–H groups in total. The lowest BCUT2D eigenvalue weighted by Crippen LogP contribution is -2.32. The molecule has 6 nitrogen and oxygen atoms in total. The van der Waals surface area contributed by atoms with Crippen molar-refractivity contribution in [2.45, 2.75) is 26.7 Å². The highest BCUT2D eigenvalue weighted by Crippen LogP contribution is 2.28. The van der Waals surface area contributed by atoms with Gasteiger partial charge in [0.2, 0.25) is 0 Å². The Morgan fingerprint density at radius 3 is 2.86 bits per heavy atom. The SMILES string of the molecule is C\C(Nc1ccc(Cl)cc1C)=C(/C=c1/ncn(C)/c1=C\F)C(=O)NOCC1CC1. The van der Waals surface area contributed by atoms with Gasteiger partial charge in [-0.25, -0.2) is 14.9 Å². The van der Waals surface area contributed by atoms with E-state index < -0.39 is 5.91 Å². The molecular formula is C21H24ClFN4O2. The molecular weight excluding hydrogens is 395 g/mol. The normalized spacial score (nSPS) is 16.0. The first kappa shape index (κ1) is 21.1. The number of hydrogen-bond acceptors (Lipinski definition) is 4. The van der Waals surface area contributed by atoms with E-state index in [4.69, 9.17) is 16.4 Å². The van der Waals surface area contributed by atoms with Gasteiger partial charge < -0.3 is 9.88 Å². The van der Waals surface area contributed by atoms with E-state index in [-0.39, 0.29) is 10.9 Å². The number of hydrogen-bond donors (Lipinski definition) is 2. The van der Waals surface area contributed by atoms with Crippen molar-refractivity contribution in [2.75, 3.05) is 11.9 Å². The number of anilines is 1. The van der Waals surface area contributed by atoms with Gasteiger partial charge in [0.15, 0.2) is 0 Å². The van der Waals surface area contributed by atoms with Crippen molar-refractivity contribution >= 4 is 35.6 Å². The number of rotatable bonds is 7. The molecule has 0 bridgehead atoms. The lowest BCUT2D eigenvalue weighted by molar-refractivity contribution is -0.129. The lowest BCUT2D eigenvalue weighted by atomic mass is 10.1. The highest BCUT2D eigenvalue weighted by molar-refractivity contribution is 6.30. The maximum absolute atomic E-state index is 13.3. The molecule has 154 valence electrons. The Balaban J connectivity index is 1.95. The summed E-state index contributed by atoms with van der Waals surface area (Å²) in [6.45, 7) is 4.16. The van der Waals surface area contributed by atoms with E-state index in [1.54, 1.807) is 20.0 Å². The summed E-state index contributed by atoms with van der Waals surface area (Å²) in [6, 6.07) is 5.43. The Kier molecular flexibility index (Phi) is 6.71. The van der Waals surface area contributed by atoms with Crippen LogP contribution in [0.15, 0.2) is 35.8 Å². The van der Waals surface area contributed by atoms with E-state index in [1.807, 2.05) is 19.1 Å². The second-order valence-electron chi connectivity index (χ2n) is 7.19. The minimum absolute atomic E-state index is 0.268. The van der Waals surface area contributed by atoms with Crippen LogP contribution in [-0.2, 0) is 16.7 Å². The van der Waals surface area contributed by atoms with Gasteiger partial charge in [0.25, 0.3) is 5.91 Å². The zero-order valence-corrected chi connectivity index (χ0v) is 17.4. The summed E-state index contributed by atoms with van der Waals surface area (Å²) in [7, 11) is 1.68. The van der Waals surface area contributed by atoms with Gasteiger partial charge in [-0.05, 0) is 62.4 Å². The molecule has 0 saturated heterocycles. The zero-order chi connectivity index (χ0) is 21.0. The molecule has 8 heteroatoms. The predicted octanol–water partition coefficient (Wildman–Crippen LogP) is 2.71. The fourth-order valence-electron chi connectivity index (χ4n) is 2.78. The van der Waals surface area contributed by atoms with Gasteiger partial charge in [-0.15, -0.1) is 0 Å². The average molecular weight is 419 g/mol. The van der Waals surface area contributed by atoms with E-state index >= 15 is 0 Å². The summed E-state index contributed by atoms with van der Waals surface area (Å²) >= 11 is 6.02. The van der Waals surface area contributed by atoms with Gasteiger partial charge >= 0.3 is 0 Å². The number of aromatic nitrogens is 2. The first-order chi connectivity index (χ1) is 13.9. The Bertz CT molecular complexity index is 1060. The van der Waals surface area contributed by atoms with Crippen molar-refractivity contribution in [2.24, 2.45) is 13.0 Å². The monoisotopic (exact) mass is 418 g/mol. The van der Waals surface area contributed by atoms with Crippen LogP contribution < -0.4 is 21.5 Å². The fourth-order valence-corrected chi connectivity index (χ4v) is 3.01. The van der Waals surface area contributed by atoms with Crippen LogP contribution in [0.3, 0.4) is 0 Å². The van der Waals surface area contributed by atoms with E-state index in [0.29, 0.717) is 34.9 Å². The Morgan fingerprint density at radius 2 is 2.21 bits per heavy atom. The van der Waals surface area contributed by atoms with Crippen LogP contribution in [-0.4, -0.2) is 22.1 Å². The number of nitrogens with zero attached hydrogens (tertiary/aromatic N) is 2. The molecule has 1 fully saturated rings. The van der Waals surface area contributed by atoms with Crippen molar-refractivity contribution in [1.82, 2.24) is 15.0 Å². The highest BCUT2D eigenvalue weighted by Gasteiger charge is 2.22. The molecule has 1 amide bonds. The number of allylic oxidation sites excluding steroid dienone is 1. The Labute approximate surface area is 173 Å². The van der Waals surface area contributed by atoms with E-state index in [0.717, 1.165) is 24.1 Å². The molecule has 3 rings (SSSR count). The van der Waals surface area contributed by atoms with Gasteiger partial charge in [0.05, 0.1) is 29.2 Å². The standard InChI is InChI=1S/C21H24ClFN4O2/c1-13-8-16(22)6-7-18(13)25-14(2)17(21(28)26-29-11-15-4-5-15)9-19-20(10-23)27(3)12-24-19/h6-10,12,15,25H,4-5,11H2,1-3H3,(H,26,28)/b17-14-,19-9+,20-10-. The molecule has 1 aliphatic carbocycles. The predicted molar refractivity (Wildman–Crippen MR) is 112 cm³/mol. The first-order valence-corrected chi connectivity index (χ1v) is 9.72. The molecule has 1 aromatic heterocycles. The number of benzene rings is 1. The molecule has 1 aliphatic rings. The second-order valence-corrected chi connectivity index (χ2v) is 7.62. The Morgan fingerprint density at radius 1 is 1.45 bits per heavy atom. The zero-order valence-electron chi connectivity index (χ0n) is 16.6. The molecule has 2 aromatic rings. The summed E-state index contributed by atoms with van der Waals surface area (Å²) < 4.78 is 14.8. The number of carbonyl (C=O) groups is 1. The number of imidazole rings is 1. The third kappa shape index (κ3) is 5.46. The number of aryl methyl sites for hydroxylation is 2. The molecule has 0 unspecified atom stereocenters. The third-order valence-electron chi connectivity index (χ3n) is 4.74. The maximum Gasteiger partial charge on any atom is 0.276 e. The molecule has 0 aliphatic heterocycles. The average Bonchev–Trinajstić information content (AvgIpc) is 3.43. The van der Waals surface area contributed by atoms with Crippen molar-refractivity contribution in [3.8, 4) is 0 Å². The number of hydroxylamine groups is 1. The smallest absolute Gasteiger partial charge is 0.276 e. The maximum atomic E-state index is 13.3. The number of halogens is 2. The fraction of sp³-hybridized carbons (Fsp3) is 0.333. The number of amides is 1. The topological polar surface area (TPSA) is 68.2 Å². The molecule has 1 heterocycles. The van der Waals surface area contributed by atoms with Crippen LogP contribution in [0.2, 0.25) is 5.02 Å². The van der Waals surface area contributed by atoms with Gasteiger partial charge in [-0.3, -0.25) is 9.63 Å². The van der Waals surface area contributed by atoms with Crippen LogP contribution in [0.5, 0.6) is 0 Å². The number of carbonyl (C=O) groups excluding carboxylic acids is 1. The first-order valence-electron chi connectivity index (χ1n) is 9.34. The molecule has 0 radical (unpaired) electrons. The van der Waals surface area contributed by atoms with Crippen LogP contribution in [0.4, 0.5) is 10.1 Å². The van der Waals surface area contributed by atoms with Crippen molar-refractivity contribution in [1.29, 1.82) is 0 Å². The largest absolute Gasteiger partial charge is 0.358 e. The van der Waals surface area contributed by atoms with Gasteiger partial charge in [-0.1, -0.05) is 11.6 Å². The van der Waals surface area contributed by atoms with Crippen LogP contribution >= 0.6 is 11.6 Å². The van der Waals surface area contributed by atoms with Crippen LogP contribution in [0.25, 0.3) is 12.4 Å². The van der Waals surface area contributed by atoms with Crippen LogP contribution in [0, 0.1) is 12.8 Å². The van der Waals surface area contributed by atoms with Gasteiger partial charge in [-0.2, -0.15) is 0 Å². The molecule has 29 heavy (non-hydrogen) atoms. The highest BCUT2D eigenvalue weighted by atomic mass is 35.5. The summed E-state index contributed by atoms with van der Waals surface area (Å²) in [5.74, 6) is 0.0731. The summed E-state index contributed by atoms with van der Waals surface area (Å²) in [6.07, 6.45) is 5.72. The molecule has 0 atom stereocenters. The van der Waals surface area contributed by atoms with Gasteiger partial charge in [0, 0.05) is 23.5 Å². The summed E-state index contributed by atoms with van der Waals surface area (Å²) in [4.78, 5) is 22.3. The molecule has 0 spiro atoms. The molecule has 1 aromatic carbocycles. The minimum Gasteiger partial charge on any atom is -0.358 e. The van der Waals surface area contributed by atoms with E-state index in [1.165, 1.54) is 17.0 Å². The minimum atomic E-state index is -0.433. The van der Waals surface area contributed by atoms with Crippen molar-refractivity contribution in [3.05, 3.63) is 57.1 Å².